The van der Waals surface area contributed by atoms with E-state index in [1.807, 2.05) is 11.0 Å². The standard InChI is InChI=1S/C26H22Cl2FN5O2/c27-17-6-5-16(21(28)11-17)9-10-33-15-30-24-12-18(7-8-20(24)25(33)36)31-26(34-13-19(35)14-34)32-23-4-2-1-3-22(23)29/h1-8,11-12,15,19,35H,9-10,13-14H2,(H,31,32). The second kappa shape index (κ2) is 10.3. The largest absolute Gasteiger partial charge is 0.389 e. The van der Waals surface area contributed by atoms with Crippen LogP contribution in [0, 0.1) is 5.82 Å². The molecule has 0 radical (unpaired) electrons. The first-order valence-electron chi connectivity index (χ1n) is 11.3. The number of nitrogens with one attached hydrogen (secondary N) is 1. The van der Waals surface area contributed by atoms with E-state index in [2.05, 4.69) is 15.3 Å². The topological polar surface area (TPSA) is 82.8 Å². The van der Waals surface area contributed by atoms with Crippen LogP contribution in [0.15, 0.2) is 76.8 Å². The lowest BCUT2D eigenvalue weighted by atomic mass is 10.1. The van der Waals surface area contributed by atoms with Crippen LogP contribution in [0.3, 0.4) is 0 Å². The van der Waals surface area contributed by atoms with Gasteiger partial charge in [-0.05, 0) is 54.4 Å². The molecule has 5 rings (SSSR count). The highest BCUT2D eigenvalue weighted by atomic mass is 35.5. The minimum absolute atomic E-state index is 0.164. The Labute approximate surface area is 216 Å². The molecule has 1 saturated heterocycles. The molecule has 0 aliphatic carbocycles. The molecule has 36 heavy (non-hydrogen) atoms. The number of rotatable bonds is 5. The van der Waals surface area contributed by atoms with Gasteiger partial charge in [-0.3, -0.25) is 9.36 Å². The van der Waals surface area contributed by atoms with Gasteiger partial charge in [0.15, 0.2) is 0 Å². The minimum Gasteiger partial charge on any atom is -0.389 e. The van der Waals surface area contributed by atoms with Gasteiger partial charge < -0.3 is 15.3 Å². The van der Waals surface area contributed by atoms with E-state index in [9.17, 15) is 14.3 Å². The van der Waals surface area contributed by atoms with Crippen molar-refractivity contribution < 1.29 is 9.50 Å². The van der Waals surface area contributed by atoms with Crippen LogP contribution in [0.25, 0.3) is 10.9 Å². The second-order valence-electron chi connectivity index (χ2n) is 8.53. The second-order valence-corrected chi connectivity index (χ2v) is 9.38. The van der Waals surface area contributed by atoms with E-state index in [4.69, 9.17) is 23.2 Å². The molecule has 1 fully saturated rings. The number of aliphatic hydroxyl groups is 1. The number of para-hydroxylation sites is 1. The van der Waals surface area contributed by atoms with Gasteiger partial charge in [0, 0.05) is 35.4 Å². The number of nitrogens with zero attached hydrogens (tertiary/aromatic N) is 4. The fraction of sp³-hybridized carbons (Fsp3) is 0.192. The third kappa shape index (κ3) is 5.21. The van der Waals surface area contributed by atoms with Crippen LogP contribution in [-0.4, -0.2) is 44.7 Å². The Morgan fingerprint density at radius 3 is 2.69 bits per heavy atom. The molecule has 3 aromatic carbocycles. The van der Waals surface area contributed by atoms with Gasteiger partial charge in [-0.2, -0.15) is 0 Å². The first-order chi connectivity index (χ1) is 17.4. The molecule has 1 aliphatic heterocycles. The van der Waals surface area contributed by atoms with Gasteiger partial charge in [0.25, 0.3) is 5.56 Å². The van der Waals surface area contributed by atoms with Crippen molar-refractivity contribution in [3.05, 3.63) is 98.8 Å². The average Bonchev–Trinajstić information content (AvgIpc) is 2.83. The molecule has 1 aromatic heterocycles. The SMILES string of the molecule is O=c1c2ccc(N/C(=N/c3ccccc3F)N3CC(O)C3)cc2ncn1CCc1ccc(Cl)cc1Cl. The Bertz CT molecular complexity index is 1520. The fourth-order valence-electron chi connectivity index (χ4n) is 3.95. The van der Waals surface area contributed by atoms with Crippen LogP contribution in [0.2, 0.25) is 10.0 Å². The first kappa shape index (κ1) is 24.2. The summed E-state index contributed by atoms with van der Waals surface area (Å²) in [7, 11) is 0. The highest BCUT2D eigenvalue weighted by Crippen LogP contribution is 2.23. The third-order valence-corrected chi connectivity index (χ3v) is 6.55. The lowest BCUT2D eigenvalue weighted by Crippen LogP contribution is -2.55. The Morgan fingerprint density at radius 2 is 1.94 bits per heavy atom. The Kier molecular flexibility index (Phi) is 6.91. The van der Waals surface area contributed by atoms with Crippen molar-refractivity contribution >= 4 is 51.4 Å². The van der Waals surface area contributed by atoms with E-state index in [1.165, 1.54) is 12.4 Å². The van der Waals surface area contributed by atoms with Gasteiger partial charge in [-0.1, -0.05) is 41.4 Å². The smallest absolute Gasteiger partial charge is 0.261 e. The molecule has 2 heterocycles. The van der Waals surface area contributed by atoms with Crippen molar-refractivity contribution in [3.63, 3.8) is 0 Å². The number of β-amino-alcohol motifs (C(OH)–C–C–N with tert-alkyl or cyclic N) is 1. The Hall–Kier alpha value is -3.46. The Morgan fingerprint density at radius 1 is 1.14 bits per heavy atom. The zero-order chi connectivity index (χ0) is 25.2. The van der Waals surface area contributed by atoms with Crippen LogP contribution >= 0.6 is 23.2 Å². The summed E-state index contributed by atoms with van der Waals surface area (Å²) in [6.45, 7) is 1.18. The lowest BCUT2D eigenvalue weighted by Gasteiger charge is -2.38. The molecular formula is C26H22Cl2FN5O2. The van der Waals surface area contributed by atoms with Gasteiger partial charge in [-0.15, -0.1) is 0 Å². The first-order valence-corrected chi connectivity index (χ1v) is 12.1. The summed E-state index contributed by atoms with van der Waals surface area (Å²) in [5, 5.41) is 14.5. The molecule has 0 amide bonds. The predicted octanol–water partition coefficient (Wildman–Crippen LogP) is 4.86. The van der Waals surface area contributed by atoms with Crippen molar-refractivity contribution in [1.29, 1.82) is 0 Å². The molecule has 4 aromatic rings. The number of aliphatic hydroxyl groups excluding tert-OH is 1. The lowest BCUT2D eigenvalue weighted by molar-refractivity contribution is 0.0466. The minimum atomic E-state index is -0.461. The Balaban J connectivity index is 1.38. The zero-order valence-corrected chi connectivity index (χ0v) is 20.5. The number of fused-ring (bicyclic) bond motifs is 1. The van der Waals surface area contributed by atoms with E-state index in [-0.39, 0.29) is 11.2 Å². The molecule has 0 atom stereocenters. The molecule has 0 saturated carbocycles. The van der Waals surface area contributed by atoms with Crippen LogP contribution in [0.4, 0.5) is 15.8 Å². The number of hydrogen-bond donors (Lipinski definition) is 2. The summed E-state index contributed by atoms with van der Waals surface area (Å²) in [6.07, 6.45) is 1.61. The molecule has 1 aliphatic rings. The monoisotopic (exact) mass is 525 g/mol. The predicted molar refractivity (Wildman–Crippen MR) is 141 cm³/mol. The van der Waals surface area contributed by atoms with E-state index in [1.54, 1.807) is 53.1 Å². The molecule has 7 nitrogen and oxygen atoms in total. The van der Waals surface area contributed by atoms with Crippen molar-refractivity contribution in [2.45, 2.75) is 19.1 Å². The van der Waals surface area contributed by atoms with E-state index >= 15 is 0 Å². The maximum atomic E-state index is 14.2. The number of halogens is 3. The molecule has 184 valence electrons. The normalized spacial score (nSPS) is 14.2. The van der Waals surface area contributed by atoms with E-state index < -0.39 is 11.9 Å². The van der Waals surface area contributed by atoms with Crippen LogP contribution < -0.4 is 10.9 Å². The summed E-state index contributed by atoms with van der Waals surface area (Å²) in [6, 6.07) is 16.7. The summed E-state index contributed by atoms with van der Waals surface area (Å²) >= 11 is 12.2. The quantitative estimate of drug-likeness (QED) is 0.287. The summed E-state index contributed by atoms with van der Waals surface area (Å²) in [4.78, 5) is 23.8. The maximum absolute atomic E-state index is 14.2. The number of guanidine groups is 1. The summed E-state index contributed by atoms with van der Waals surface area (Å²) < 4.78 is 15.7. The molecular weight excluding hydrogens is 504 g/mol. The van der Waals surface area contributed by atoms with Gasteiger partial charge in [0.2, 0.25) is 5.96 Å². The zero-order valence-electron chi connectivity index (χ0n) is 19.0. The number of aromatic nitrogens is 2. The summed E-state index contributed by atoms with van der Waals surface area (Å²) in [5.74, 6) is -0.0450. The highest BCUT2D eigenvalue weighted by molar-refractivity contribution is 6.35. The fourth-order valence-corrected chi connectivity index (χ4v) is 4.46. The van der Waals surface area contributed by atoms with Gasteiger partial charge >= 0.3 is 0 Å². The van der Waals surface area contributed by atoms with Crippen LogP contribution in [0.1, 0.15) is 5.56 Å². The van der Waals surface area contributed by atoms with Crippen molar-refractivity contribution in [3.8, 4) is 0 Å². The van der Waals surface area contributed by atoms with E-state index in [0.29, 0.717) is 58.7 Å². The molecule has 0 unspecified atom stereocenters. The molecule has 0 spiro atoms. The molecule has 2 N–H and O–H groups in total. The number of aryl methyl sites for hydroxylation is 2. The molecule has 10 heteroatoms. The number of hydrogen-bond acceptors (Lipinski definition) is 4. The molecule has 0 bridgehead atoms. The van der Waals surface area contributed by atoms with Gasteiger partial charge in [0.05, 0.1) is 23.3 Å². The third-order valence-electron chi connectivity index (χ3n) is 5.96. The van der Waals surface area contributed by atoms with Crippen LogP contribution in [0.5, 0.6) is 0 Å². The van der Waals surface area contributed by atoms with Crippen molar-refractivity contribution in [2.24, 2.45) is 4.99 Å². The van der Waals surface area contributed by atoms with Crippen LogP contribution in [-0.2, 0) is 13.0 Å². The van der Waals surface area contributed by atoms with Gasteiger partial charge in [-0.25, -0.2) is 14.4 Å². The number of benzene rings is 3. The maximum Gasteiger partial charge on any atom is 0.261 e. The average molecular weight is 526 g/mol. The van der Waals surface area contributed by atoms with Gasteiger partial charge in [0.1, 0.15) is 11.5 Å². The van der Waals surface area contributed by atoms with E-state index in [0.717, 1.165) is 5.56 Å². The number of likely N-dealkylation sites (tertiary alicyclic amines) is 1. The summed E-state index contributed by atoms with van der Waals surface area (Å²) in [5.41, 5.74) is 2.06. The number of anilines is 1. The van der Waals surface area contributed by atoms with Crippen molar-refractivity contribution in [2.75, 3.05) is 18.4 Å². The highest BCUT2D eigenvalue weighted by Gasteiger charge is 2.28. The van der Waals surface area contributed by atoms with Crippen molar-refractivity contribution in [1.82, 2.24) is 14.5 Å². The number of aliphatic imine (C=N–C) groups is 1.